The van der Waals surface area contributed by atoms with Crippen molar-refractivity contribution in [2.75, 3.05) is 26.0 Å². The lowest BCUT2D eigenvalue weighted by atomic mass is 10.0. The lowest BCUT2D eigenvalue weighted by Gasteiger charge is -2.23. The van der Waals surface area contributed by atoms with Crippen molar-refractivity contribution < 1.29 is 4.90 Å². The molecule has 0 aliphatic rings. The highest BCUT2D eigenvalue weighted by atomic mass is 32.1. The monoisotopic (exact) mass is 356 g/mol. The van der Waals surface area contributed by atoms with Crippen LogP contribution in [0.3, 0.4) is 0 Å². The van der Waals surface area contributed by atoms with Crippen molar-refractivity contribution in [1.29, 1.82) is 0 Å². The zero-order valence-electron chi connectivity index (χ0n) is 15.9. The van der Waals surface area contributed by atoms with Crippen molar-refractivity contribution in [2.24, 2.45) is 0 Å². The van der Waals surface area contributed by atoms with Crippen LogP contribution in [0.1, 0.15) is 35.2 Å². The Balaban J connectivity index is 1.99. The van der Waals surface area contributed by atoms with Crippen molar-refractivity contribution in [1.82, 2.24) is 5.32 Å². The van der Waals surface area contributed by atoms with Crippen LogP contribution in [0.2, 0.25) is 0 Å². The molecule has 0 saturated carbocycles. The normalized spacial score (nSPS) is 12.1. The fourth-order valence-corrected chi connectivity index (χ4v) is 3.26. The average Bonchev–Trinajstić information content (AvgIpc) is 2.54. The second-order valence-corrected chi connectivity index (χ2v) is 7.34. The highest BCUT2D eigenvalue weighted by Crippen LogP contribution is 2.14. The molecular formula is C21H30N3S+. The molecule has 2 aromatic rings. The van der Waals surface area contributed by atoms with E-state index in [0.29, 0.717) is 11.2 Å². The van der Waals surface area contributed by atoms with Crippen LogP contribution in [-0.2, 0) is 6.42 Å². The lowest BCUT2D eigenvalue weighted by molar-refractivity contribution is -0.890. The fraction of sp³-hybridized carbons (Fsp3) is 0.381. The minimum Gasteiger partial charge on any atom is -0.356 e. The summed E-state index contributed by atoms with van der Waals surface area (Å²) in [5.41, 5.74) is 6.21. The summed E-state index contributed by atoms with van der Waals surface area (Å²) in [6.07, 6.45) is 1.07. The van der Waals surface area contributed by atoms with E-state index in [1.165, 1.54) is 27.2 Å². The Kier molecular flexibility index (Phi) is 6.97. The van der Waals surface area contributed by atoms with Crippen LogP contribution in [0.15, 0.2) is 42.5 Å². The molecule has 2 aromatic carbocycles. The Labute approximate surface area is 157 Å². The van der Waals surface area contributed by atoms with Gasteiger partial charge in [-0.2, -0.15) is 0 Å². The Morgan fingerprint density at radius 2 is 1.64 bits per heavy atom. The molecule has 134 valence electrons. The third-order valence-corrected chi connectivity index (χ3v) is 4.68. The molecule has 0 aliphatic carbocycles. The van der Waals surface area contributed by atoms with E-state index in [1.54, 1.807) is 0 Å². The van der Waals surface area contributed by atoms with Gasteiger partial charge < -0.3 is 15.5 Å². The SMILES string of the molecule is CCc1ccc([C@@H](CNC(=S)Nc2cc(C)cc(C)c2)[NH+](C)C)cc1. The van der Waals surface area contributed by atoms with Crippen LogP contribution in [0.4, 0.5) is 5.69 Å². The van der Waals surface area contributed by atoms with Gasteiger partial charge in [0.15, 0.2) is 5.11 Å². The molecule has 0 aromatic heterocycles. The smallest absolute Gasteiger partial charge is 0.171 e. The first kappa shape index (κ1) is 19.4. The highest BCUT2D eigenvalue weighted by Gasteiger charge is 2.18. The zero-order chi connectivity index (χ0) is 18.4. The van der Waals surface area contributed by atoms with Gasteiger partial charge in [-0.05, 0) is 61.3 Å². The molecule has 2 rings (SSSR count). The van der Waals surface area contributed by atoms with Gasteiger partial charge in [0.2, 0.25) is 0 Å². The minimum atomic E-state index is 0.352. The number of thiocarbonyl (C=S) groups is 1. The Hall–Kier alpha value is -1.91. The molecule has 4 heteroatoms. The fourth-order valence-electron chi connectivity index (χ4n) is 3.06. The quantitative estimate of drug-likeness (QED) is 0.695. The van der Waals surface area contributed by atoms with Gasteiger partial charge in [-0.25, -0.2) is 0 Å². The van der Waals surface area contributed by atoms with E-state index in [1.807, 2.05) is 0 Å². The molecule has 3 nitrogen and oxygen atoms in total. The van der Waals surface area contributed by atoms with Gasteiger partial charge >= 0.3 is 0 Å². The maximum Gasteiger partial charge on any atom is 0.171 e. The number of likely N-dealkylation sites (N-methyl/N-ethyl adjacent to an activating group) is 1. The summed E-state index contributed by atoms with van der Waals surface area (Å²) in [4.78, 5) is 1.38. The molecule has 0 amide bonds. The second kappa shape index (κ2) is 8.97. The van der Waals surface area contributed by atoms with Gasteiger partial charge in [-0.3, -0.25) is 0 Å². The lowest BCUT2D eigenvalue weighted by Crippen LogP contribution is -3.07. The van der Waals surface area contributed by atoms with Crippen LogP contribution in [0.5, 0.6) is 0 Å². The molecule has 0 heterocycles. The zero-order valence-corrected chi connectivity index (χ0v) is 16.8. The first-order valence-corrected chi connectivity index (χ1v) is 9.32. The largest absolute Gasteiger partial charge is 0.356 e. The van der Waals surface area contributed by atoms with Crippen molar-refractivity contribution in [3.63, 3.8) is 0 Å². The van der Waals surface area contributed by atoms with Gasteiger partial charge in [-0.1, -0.05) is 37.3 Å². The molecule has 1 atom stereocenters. The van der Waals surface area contributed by atoms with Gasteiger partial charge in [0.05, 0.1) is 20.6 Å². The van der Waals surface area contributed by atoms with Gasteiger partial charge in [0.25, 0.3) is 0 Å². The van der Waals surface area contributed by atoms with Crippen LogP contribution < -0.4 is 15.5 Å². The Morgan fingerprint density at radius 1 is 1.04 bits per heavy atom. The molecule has 0 radical (unpaired) electrons. The van der Waals surface area contributed by atoms with E-state index in [4.69, 9.17) is 12.2 Å². The van der Waals surface area contributed by atoms with E-state index in [9.17, 15) is 0 Å². The molecule has 0 unspecified atom stereocenters. The summed E-state index contributed by atoms with van der Waals surface area (Å²) < 4.78 is 0. The van der Waals surface area contributed by atoms with Crippen molar-refractivity contribution in [3.8, 4) is 0 Å². The molecule has 3 N–H and O–H groups in total. The van der Waals surface area contributed by atoms with Crippen LogP contribution in [0, 0.1) is 13.8 Å². The van der Waals surface area contributed by atoms with Crippen LogP contribution >= 0.6 is 12.2 Å². The van der Waals surface area contributed by atoms with E-state index in [-0.39, 0.29) is 0 Å². The maximum absolute atomic E-state index is 5.49. The number of quaternary nitrogens is 1. The summed E-state index contributed by atoms with van der Waals surface area (Å²) in [5, 5.41) is 7.34. The predicted molar refractivity (Wildman–Crippen MR) is 112 cm³/mol. The first-order chi connectivity index (χ1) is 11.9. The number of hydrogen-bond acceptors (Lipinski definition) is 1. The van der Waals surface area contributed by atoms with Gasteiger partial charge in [0.1, 0.15) is 6.04 Å². The molecule has 0 saturated heterocycles. The minimum absolute atomic E-state index is 0.352. The summed E-state index contributed by atoms with van der Waals surface area (Å²) in [6, 6.07) is 15.6. The number of benzene rings is 2. The number of aryl methyl sites for hydroxylation is 3. The van der Waals surface area contributed by atoms with Crippen LogP contribution in [-0.4, -0.2) is 25.8 Å². The van der Waals surface area contributed by atoms with Gasteiger partial charge in [0, 0.05) is 11.3 Å². The number of rotatable bonds is 6. The summed E-state index contributed by atoms with van der Waals surface area (Å²) in [7, 11) is 4.36. The molecule has 0 bridgehead atoms. The topological polar surface area (TPSA) is 28.5 Å². The molecule has 0 fully saturated rings. The summed E-state index contributed by atoms with van der Waals surface area (Å²) in [5.74, 6) is 0. The number of hydrogen-bond donors (Lipinski definition) is 3. The highest BCUT2D eigenvalue weighted by molar-refractivity contribution is 7.80. The van der Waals surface area contributed by atoms with E-state index >= 15 is 0 Å². The van der Waals surface area contributed by atoms with E-state index in [2.05, 4.69) is 88.0 Å². The predicted octanol–water partition coefficient (Wildman–Crippen LogP) is 3.04. The maximum atomic E-state index is 5.49. The third-order valence-electron chi connectivity index (χ3n) is 4.43. The average molecular weight is 357 g/mol. The Bertz CT molecular complexity index is 687. The Morgan fingerprint density at radius 3 is 2.16 bits per heavy atom. The van der Waals surface area contributed by atoms with Crippen LogP contribution in [0.25, 0.3) is 0 Å². The van der Waals surface area contributed by atoms with Gasteiger partial charge in [-0.15, -0.1) is 0 Å². The number of nitrogens with one attached hydrogen (secondary N) is 3. The van der Waals surface area contributed by atoms with Crippen molar-refractivity contribution in [3.05, 3.63) is 64.7 Å². The van der Waals surface area contributed by atoms with Crippen molar-refractivity contribution >= 4 is 23.0 Å². The first-order valence-electron chi connectivity index (χ1n) is 8.91. The van der Waals surface area contributed by atoms with E-state index in [0.717, 1.165) is 18.7 Å². The molecule has 0 spiro atoms. The summed E-state index contributed by atoms with van der Waals surface area (Å²) in [6.45, 7) is 7.17. The standard InChI is InChI=1S/C21H29N3S/c1-6-17-7-9-18(10-8-17)20(24(4)5)14-22-21(25)23-19-12-15(2)11-16(3)13-19/h7-13,20H,6,14H2,1-5H3,(H2,22,23,25)/p+1/t20-/m1/s1. The second-order valence-electron chi connectivity index (χ2n) is 6.94. The van der Waals surface area contributed by atoms with Crippen molar-refractivity contribution in [2.45, 2.75) is 33.2 Å². The third kappa shape index (κ3) is 5.83. The van der Waals surface area contributed by atoms with E-state index < -0.39 is 0 Å². The number of anilines is 1. The summed E-state index contributed by atoms with van der Waals surface area (Å²) >= 11 is 5.49. The molecule has 0 aliphatic heterocycles. The molecule has 25 heavy (non-hydrogen) atoms. The molecular weight excluding hydrogens is 326 g/mol.